The van der Waals surface area contributed by atoms with Gasteiger partial charge in [0.25, 0.3) is 5.91 Å². The molecule has 1 aliphatic carbocycles. The van der Waals surface area contributed by atoms with E-state index in [9.17, 15) is 18.7 Å². The molecule has 3 rings (SSSR count). The van der Waals surface area contributed by atoms with Crippen molar-refractivity contribution >= 4 is 11.5 Å². The Bertz CT molecular complexity index is 689. The van der Waals surface area contributed by atoms with Crippen LogP contribution < -0.4 is 5.32 Å². The lowest BCUT2D eigenvalue weighted by Gasteiger charge is -2.36. The summed E-state index contributed by atoms with van der Waals surface area (Å²) in [4.78, 5) is 12.5. The van der Waals surface area contributed by atoms with Gasteiger partial charge in [0.1, 0.15) is 5.76 Å². The number of carbonyl (C=O) groups excluding carboxylic acids is 1. The molecule has 1 aromatic carbocycles. The van der Waals surface area contributed by atoms with Crippen molar-refractivity contribution in [3.8, 4) is 0 Å². The number of hydrogen-bond donors (Lipinski definition) is 2. The molecule has 0 saturated heterocycles. The van der Waals surface area contributed by atoms with Crippen LogP contribution >= 0.6 is 0 Å². The third-order valence-electron chi connectivity index (χ3n) is 5.03. The van der Waals surface area contributed by atoms with E-state index in [2.05, 4.69) is 5.32 Å². The zero-order valence-electron chi connectivity index (χ0n) is 13.6. The number of alkyl halides is 2. The first kappa shape index (κ1) is 16.0. The van der Waals surface area contributed by atoms with E-state index < -0.39 is 11.5 Å². The average molecular weight is 321 g/mol. The summed E-state index contributed by atoms with van der Waals surface area (Å²) >= 11 is 0. The van der Waals surface area contributed by atoms with Crippen LogP contribution in [0.25, 0.3) is 5.57 Å². The first-order valence-electron chi connectivity index (χ1n) is 7.87. The van der Waals surface area contributed by atoms with Crippen LogP contribution in [0, 0.1) is 20.8 Å². The molecule has 0 unspecified atom stereocenters. The maximum absolute atomic E-state index is 13.4. The van der Waals surface area contributed by atoms with Gasteiger partial charge in [-0.05, 0) is 50.3 Å². The summed E-state index contributed by atoms with van der Waals surface area (Å²) in [6, 6.07) is 3.91. The van der Waals surface area contributed by atoms with Crippen molar-refractivity contribution in [1.82, 2.24) is 5.32 Å². The molecule has 1 aliphatic heterocycles. The first-order valence-corrected chi connectivity index (χ1v) is 7.87. The Morgan fingerprint density at radius 2 is 1.57 bits per heavy atom. The number of carbonyl (C=O) groups is 1. The molecule has 1 aromatic rings. The molecule has 1 spiro atoms. The van der Waals surface area contributed by atoms with Crippen LogP contribution in [0.5, 0.6) is 0 Å². The Morgan fingerprint density at radius 3 is 2.09 bits per heavy atom. The van der Waals surface area contributed by atoms with Crippen LogP contribution in [0.3, 0.4) is 0 Å². The number of nitrogens with one attached hydrogen (secondary N) is 1. The van der Waals surface area contributed by atoms with Gasteiger partial charge in [-0.1, -0.05) is 17.7 Å². The number of hydrogen-bond acceptors (Lipinski definition) is 2. The largest absolute Gasteiger partial charge is 0.509 e. The molecule has 124 valence electrons. The minimum absolute atomic E-state index is 0.0605. The monoisotopic (exact) mass is 321 g/mol. The summed E-state index contributed by atoms with van der Waals surface area (Å²) in [6.07, 6.45) is -0.525. The number of aryl methyl sites for hydroxylation is 3. The van der Waals surface area contributed by atoms with Crippen molar-refractivity contribution in [1.29, 1.82) is 0 Å². The Kier molecular flexibility index (Phi) is 3.50. The zero-order chi connectivity index (χ0) is 17.0. The lowest BCUT2D eigenvalue weighted by atomic mass is 9.78. The van der Waals surface area contributed by atoms with Crippen LogP contribution in [-0.2, 0) is 4.79 Å². The highest BCUT2D eigenvalue weighted by Crippen LogP contribution is 2.46. The number of halogens is 2. The standard InChI is InChI=1S/C18H21F2NO2/c1-10-8-11(2)13(12(3)9-10)14-15(22)17(21-16(14)23)4-6-18(19,20)7-5-17/h8-9,22H,4-7H2,1-3H3,(H,21,23). The number of aliphatic hydroxyl groups excluding tert-OH is 1. The fourth-order valence-corrected chi connectivity index (χ4v) is 3.90. The molecular weight excluding hydrogens is 300 g/mol. The number of aliphatic hydroxyl groups is 1. The predicted octanol–water partition coefficient (Wildman–Crippen LogP) is 3.96. The summed E-state index contributed by atoms with van der Waals surface area (Å²) in [7, 11) is 0. The average Bonchev–Trinajstić information content (AvgIpc) is 2.66. The van der Waals surface area contributed by atoms with E-state index in [1.54, 1.807) is 0 Å². The third-order valence-corrected chi connectivity index (χ3v) is 5.03. The second kappa shape index (κ2) is 5.05. The SMILES string of the molecule is Cc1cc(C)c(C2=C(O)C3(CCC(F)(F)CC3)NC2=O)c(C)c1. The topological polar surface area (TPSA) is 49.3 Å². The van der Waals surface area contributed by atoms with Crippen LogP contribution in [0.4, 0.5) is 8.78 Å². The smallest absolute Gasteiger partial charge is 0.256 e. The van der Waals surface area contributed by atoms with E-state index in [1.807, 2.05) is 32.9 Å². The quantitative estimate of drug-likeness (QED) is 0.822. The van der Waals surface area contributed by atoms with Gasteiger partial charge in [0, 0.05) is 12.8 Å². The van der Waals surface area contributed by atoms with Gasteiger partial charge < -0.3 is 10.4 Å². The van der Waals surface area contributed by atoms with Gasteiger partial charge in [0.2, 0.25) is 5.92 Å². The molecular formula is C18H21F2NO2. The molecule has 0 aromatic heterocycles. The van der Waals surface area contributed by atoms with E-state index in [-0.39, 0.29) is 42.9 Å². The van der Waals surface area contributed by atoms with Gasteiger partial charge in [-0.15, -0.1) is 0 Å². The van der Waals surface area contributed by atoms with Crippen molar-refractivity contribution in [3.63, 3.8) is 0 Å². The van der Waals surface area contributed by atoms with Gasteiger partial charge in [0.15, 0.2) is 0 Å². The minimum Gasteiger partial charge on any atom is -0.509 e. The second-order valence-corrected chi connectivity index (χ2v) is 6.89. The molecule has 2 aliphatic rings. The maximum Gasteiger partial charge on any atom is 0.256 e. The van der Waals surface area contributed by atoms with Gasteiger partial charge in [0.05, 0.1) is 11.1 Å². The van der Waals surface area contributed by atoms with Crippen molar-refractivity contribution in [3.05, 3.63) is 40.1 Å². The molecule has 1 fully saturated rings. The van der Waals surface area contributed by atoms with Crippen molar-refractivity contribution < 1.29 is 18.7 Å². The normalized spacial score (nSPS) is 22.6. The van der Waals surface area contributed by atoms with Crippen LogP contribution in [0.1, 0.15) is 47.9 Å². The molecule has 0 atom stereocenters. The number of rotatable bonds is 1. The minimum atomic E-state index is -2.71. The molecule has 5 heteroatoms. The Morgan fingerprint density at radius 1 is 1.04 bits per heavy atom. The second-order valence-electron chi connectivity index (χ2n) is 6.89. The maximum atomic E-state index is 13.4. The van der Waals surface area contributed by atoms with Gasteiger partial charge >= 0.3 is 0 Å². The molecule has 0 bridgehead atoms. The summed E-state index contributed by atoms with van der Waals surface area (Å²) in [5.74, 6) is -3.16. The lowest BCUT2D eigenvalue weighted by Crippen LogP contribution is -2.49. The Balaban J connectivity index is 2.08. The molecule has 3 nitrogen and oxygen atoms in total. The van der Waals surface area contributed by atoms with E-state index in [0.29, 0.717) is 5.56 Å². The summed E-state index contributed by atoms with van der Waals surface area (Å²) in [6.45, 7) is 5.75. The van der Waals surface area contributed by atoms with Crippen LogP contribution in [0.2, 0.25) is 0 Å². The van der Waals surface area contributed by atoms with Crippen molar-refractivity contribution in [2.75, 3.05) is 0 Å². The van der Waals surface area contributed by atoms with E-state index >= 15 is 0 Å². The molecule has 1 saturated carbocycles. The van der Waals surface area contributed by atoms with Gasteiger partial charge in [-0.3, -0.25) is 4.79 Å². The summed E-state index contributed by atoms with van der Waals surface area (Å²) in [5, 5.41) is 13.5. The highest BCUT2D eigenvalue weighted by molar-refractivity contribution is 6.24. The van der Waals surface area contributed by atoms with E-state index in [4.69, 9.17) is 0 Å². The summed E-state index contributed by atoms with van der Waals surface area (Å²) in [5.41, 5.74) is 2.80. The van der Waals surface area contributed by atoms with Crippen molar-refractivity contribution in [2.45, 2.75) is 57.9 Å². The predicted molar refractivity (Wildman–Crippen MR) is 84.5 cm³/mol. The third kappa shape index (κ3) is 2.52. The molecule has 1 heterocycles. The zero-order valence-corrected chi connectivity index (χ0v) is 13.6. The Hall–Kier alpha value is -1.91. The molecule has 2 N–H and O–H groups in total. The number of benzene rings is 1. The van der Waals surface area contributed by atoms with Crippen molar-refractivity contribution in [2.24, 2.45) is 0 Å². The van der Waals surface area contributed by atoms with E-state index in [0.717, 1.165) is 16.7 Å². The lowest BCUT2D eigenvalue weighted by molar-refractivity contribution is -0.117. The van der Waals surface area contributed by atoms with Crippen LogP contribution in [-0.4, -0.2) is 22.5 Å². The van der Waals surface area contributed by atoms with Crippen LogP contribution in [0.15, 0.2) is 17.9 Å². The van der Waals surface area contributed by atoms with Gasteiger partial charge in [-0.25, -0.2) is 8.78 Å². The highest BCUT2D eigenvalue weighted by atomic mass is 19.3. The fourth-order valence-electron chi connectivity index (χ4n) is 3.90. The molecule has 0 radical (unpaired) electrons. The number of amides is 1. The molecule has 1 amide bonds. The Labute approximate surface area is 134 Å². The van der Waals surface area contributed by atoms with Gasteiger partial charge in [-0.2, -0.15) is 0 Å². The summed E-state index contributed by atoms with van der Waals surface area (Å²) < 4.78 is 26.9. The fraction of sp³-hybridized carbons (Fsp3) is 0.500. The first-order chi connectivity index (χ1) is 10.7. The highest BCUT2D eigenvalue weighted by Gasteiger charge is 2.52. The van der Waals surface area contributed by atoms with E-state index in [1.165, 1.54) is 0 Å². The molecule has 23 heavy (non-hydrogen) atoms.